The number of anilines is 1. The Morgan fingerprint density at radius 2 is 2.29 bits per heavy atom. The zero-order valence-corrected chi connectivity index (χ0v) is 10.7. The van der Waals surface area contributed by atoms with Crippen LogP contribution in [0, 0.1) is 5.95 Å². The quantitative estimate of drug-likeness (QED) is 0.664. The second-order valence-corrected chi connectivity index (χ2v) is 4.55. The van der Waals surface area contributed by atoms with Gasteiger partial charge in [0.05, 0.1) is 35.2 Å². The van der Waals surface area contributed by atoms with E-state index >= 15 is 0 Å². The second-order valence-electron chi connectivity index (χ2n) is 4.55. The van der Waals surface area contributed by atoms with Crippen LogP contribution in [0.25, 0.3) is 10.9 Å². The van der Waals surface area contributed by atoms with Gasteiger partial charge in [0.2, 0.25) is 5.95 Å². The SMILES string of the molecule is O=C(O)c1cc(NC2=NCC(F)CN2)c2c(F)[nH]nc2c1. The van der Waals surface area contributed by atoms with Crippen molar-refractivity contribution in [1.29, 1.82) is 0 Å². The molecule has 7 nitrogen and oxygen atoms in total. The molecular formula is C12H11F2N5O2. The van der Waals surface area contributed by atoms with Crippen molar-refractivity contribution in [3.8, 4) is 0 Å². The van der Waals surface area contributed by atoms with Crippen molar-refractivity contribution in [3.63, 3.8) is 0 Å². The van der Waals surface area contributed by atoms with Gasteiger partial charge < -0.3 is 15.7 Å². The number of H-pyrrole nitrogens is 1. The van der Waals surface area contributed by atoms with Gasteiger partial charge in [-0.25, -0.2) is 14.2 Å². The summed E-state index contributed by atoms with van der Waals surface area (Å²) in [5.74, 6) is -1.59. The first-order valence-corrected chi connectivity index (χ1v) is 6.15. The zero-order chi connectivity index (χ0) is 15.0. The fourth-order valence-electron chi connectivity index (χ4n) is 2.06. The Hall–Kier alpha value is -2.71. The Labute approximate surface area is 117 Å². The normalized spacial score (nSPS) is 18.2. The Morgan fingerprint density at radius 1 is 1.48 bits per heavy atom. The number of rotatable bonds is 2. The summed E-state index contributed by atoms with van der Waals surface area (Å²) < 4.78 is 26.7. The highest BCUT2D eigenvalue weighted by Gasteiger charge is 2.18. The molecule has 2 aromatic rings. The second kappa shape index (κ2) is 5.00. The average Bonchev–Trinajstić information content (AvgIpc) is 2.83. The molecule has 0 saturated carbocycles. The number of benzene rings is 1. The Kier molecular flexibility index (Phi) is 3.16. The lowest BCUT2D eigenvalue weighted by atomic mass is 10.1. The van der Waals surface area contributed by atoms with Gasteiger partial charge in [0, 0.05) is 0 Å². The highest BCUT2D eigenvalue weighted by Crippen LogP contribution is 2.26. The average molecular weight is 295 g/mol. The first-order valence-electron chi connectivity index (χ1n) is 6.15. The lowest BCUT2D eigenvalue weighted by Crippen LogP contribution is -2.41. The molecule has 1 unspecified atom stereocenters. The van der Waals surface area contributed by atoms with Crippen LogP contribution in [0.2, 0.25) is 0 Å². The van der Waals surface area contributed by atoms with Gasteiger partial charge >= 0.3 is 5.97 Å². The van der Waals surface area contributed by atoms with Crippen LogP contribution in [-0.4, -0.2) is 46.5 Å². The van der Waals surface area contributed by atoms with E-state index in [4.69, 9.17) is 5.11 Å². The van der Waals surface area contributed by atoms with Gasteiger partial charge in [-0.15, -0.1) is 0 Å². The maximum atomic E-state index is 13.7. The van der Waals surface area contributed by atoms with E-state index < -0.39 is 18.1 Å². The summed E-state index contributed by atoms with van der Waals surface area (Å²) in [7, 11) is 0. The number of halogens is 2. The number of nitrogens with one attached hydrogen (secondary N) is 3. The summed E-state index contributed by atoms with van der Waals surface area (Å²) in [6, 6.07) is 2.53. The van der Waals surface area contributed by atoms with Crippen LogP contribution >= 0.6 is 0 Å². The number of alkyl halides is 1. The number of carboxylic acid groups (broad SMARTS) is 1. The number of hydrogen-bond acceptors (Lipinski definition) is 5. The van der Waals surface area contributed by atoms with E-state index in [1.54, 1.807) is 0 Å². The molecule has 4 N–H and O–H groups in total. The molecule has 1 aromatic heterocycles. The molecule has 0 aliphatic carbocycles. The van der Waals surface area contributed by atoms with E-state index in [0.29, 0.717) is 0 Å². The first kappa shape index (κ1) is 13.3. The van der Waals surface area contributed by atoms with Crippen LogP contribution in [0.5, 0.6) is 0 Å². The van der Waals surface area contributed by atoms with Crippen LogP contribution in [0.3, 0.4) is 0 Å². The molecule has 1 aliphatic heterocycles. The van der Waals surface area contributed by atoms with E-state index in [2.05, 4.69) is 25.8 Å². The minimum absolute atomic E-state index is 0.00896. The van der Waals surface area contributed by atoms with E-state index in [1.165, 1.54) is 12.1 Å². The largest absolute Gasteiger partial charge is 0.478 e. The topological polar surface area (TPSA) is 102 Å². The van der Waals surface area contributed by atoms with E-state index in [-0.39, 0.29) is 41.2 Å². The minimum atomic E-state index is -1.16. The smallest absolute Gasteiger partial charge is 0.335 e. The Bertz CT molecular complexity index is 743. The number of aromatic nitrogens is 2. The number of aliphatic imine (C=N–C) groups is 1. The zero-order valence-electron chi connectivity index (χ0n) is 10.7. The summed E-state index contributed by atoms with van der Waals surface area (Å²) in [5, 5.41) is 20.5. The Balaban J connectivity index is 2.03. The minimum Gasteiger partial charge on any atom is -0.478 e. The summed E-state index contributed by atoms with van der Waals surface area (Å²) >= 11 is 0. The summed E-state index contributed by atoms with van der Waals surface area (Å²) in [6.45, 7) is 0.0758. The molecule has 110 valence electrons. The third-order valence-corrected chi connectivity index (χ3v) is 3.05. The standard InChI is InChI=1S/C12H11F2N5O2/c13-6-3-15-12(16-4-6)17-7-1-5(11(20)21)2-8-9(7)10(14)19-18-8/h1-2,6H,3-4H2,(H,18,19)(H,20,21)(H2,15,16,17). The van der Waals surface area contributed by atoms with E-state index in [0.717, 1.165) is 0 Å². The number of carbonyl (C=O) groups is 1. The van der Waals surface area contributed by atoms with Crippen molar-refractivity contribution in [3.05, 3.63) is 23.6 Å². The van der Waals surface area contributed by atoms with E-state index in [9.17, 15) is 13.6 Å². The predicted molar refractivity (Wildman–Crippen MR) is 71.8 cm³/mol. The molecule has 0 bridgehead atoms. The van der Waals surface area contributed by atoms with Gasteiger partial charge in [-0.05, 0) is 12.1 Å². The molecule has 1 aromatic carbocycles. The fraction of sp³-hybridized carbons (Fsp3) is 0.250. The molecule has 2 heterocycles. The van der Waals surface area contributed by atoms with Gasteiger partial charge in [-0.3, -0.25) is 5.10 Å². The maximum Gasteiger partial charge on any atom is 0.335 e. The molecule has 3 rings (SSSR count). The predicted octanol–water partition coefficient (Wildman–Crippen LogP) is 1.11. The number of guanidine groups is 1. The highest BCUT2D eigenvalue weighted by atomic mass is 19.1. The molecule has 0 spiro atoms. The third-order valence-electron chi connectivity index (χ3n) is 3.05. The first-order chi connectivity index (χ1) is 10.0. The number of carboxylic acids is 1. The summed E-state index contributed by atoms with van der Waals surface area (Å²) in [5.41, 5.74) is 0.325. The highest BCUT2D eigenvalue weighted by molar-refractivity contribution is 6.05. The fourth-order valence-corrected chi connectivity index (χ4v) is 2.06. The maximum absolute atomic E-state index is 13.7. The monoisotopic (exact) mass is 295 g/mol. The molecule has 9 heteroatoms. The molecule has 1 atom stereocenters. The van der Waals surface area contributed by atoms with E-state index in [1.807, 2.05) is 0 Å². The van der Waals surface area contributed by atoms with Crippen LogP contribution in [0.4, 0.5) is 14.5 Å². The lowest BCUT2D eigenvalue weighted by Gasteiger charge is -2.19. The van der Waals surface area contributed by atoms with Gasteiger partial charge in [0.15, 0.2) is 5.96 Å². The number of aromatic amines is 1. The number of fused-ring (bicyclic) bond motifs is 1. The number of nitrogens with zero attached hydrogens (tertiary/aromatic N) is 2. The molecule has 0 fully saturated rings. The van der Waals surface area contributed by atoms with Crippen molar-refractivity contribution in [2.75, 3.05) is 18.4 Å². The Morgan fingerprint density at radius 3 is 2.95 bits per heavy atom. The van der Waals surface area contributed by atoms with Gasteiger partial charge in [0.1, 0.15) is 6.17 Å². The van der Waals surface area contributed by atoms with Crippen molar-refractivity contribution in [2.45, 2.75) is 6.17 Å². The van der Waals surface area contributed by atoms with Gasteiger partial charge in [-0.1, -0.05) is 0 Å². The van der Waals surface area contributed by atoms with Crippen LogP contribution in [-0.2, 0) is 0 Å². The molecule has 0 amide bonds. The van der Waals surface area contributed by atoms with Crippen molar-refractivity contribution in [1.82, 2.24) is 15.5 Å². The molecule has 1 aliphatic rings. The third kappa shape index (κ3) is 2.49. The van der Waals surface area contributed by atoms with Crippen LogP contribution in [0.15, 0.2) is 17.1 Å². The summed E-state index contributed by atoms with van der Waals surface area (Å²) in [6.07, 6.45) is -1.08. The molecule has 21 heavy (non-hydrogen) atoms. The van der Waals surface area contributed by atoms with Crippen molar-refractivity contribution >= 4 is 28.5 Å². The van der Waals surface area contributed by atoms with Crippen LogP contribution in [0.1, 0.15) is 10.4 Å². The van der Waals surface area contributed by atoms with Gasteiger partial charge in [-0.2, -0.15) is 9.49 Å². The summed E-state index contributed by atoms with van der Waals surface area (Å²) in [4.78, 5) is 15.0. The molecule has 0 saturated heterocycles. The van der Waals surface area contributed by atoms with Gasteiger partial charge in [0.25, 0.3) is 0 Å². The number of aromatic carboxylic acids is 1. The van der Waals surface area contributed by atoms with Crippen molar-refractivity contribution in [2.24, 2.45) is 4.99 Å². The molecular weight excluding hydrogens is 284 g/mol. The number of hydrogen-bond donors (Lipinski definition) is 4. The molecule has 0 radical (unpaired) electrons. The van der Waals surface area contributed by atoms with Crippen molar-refractivity contribution < 1.29 is 18.7 Å². The van der Waals surface area contributed by atoms with Crippen LogP contribution < -0.4 is 10.6 Å². The lowest BCUT2D eigenvalue weighted by molar-refractivity contribution is 0.0697.